The van der Waals surface area contributed by atoms with Crippen molar-refractivity contribution in [3.63, 3.8) is 0 Å². The summed E-state index contributed by atoms with van der Waals surface area (Å²) in [4.78, 5) is 7.14. The predicted octanol–water partition coefficient (Wildman–Crippen LogP) is 3.00. The summed E-state index contributed by atoms with van der Waals surface area (Å²) in [7, 11) is 0. The molecule has 1 heterocycles. The van der Waals surface area contributed by atoms with Crippen LogP contribution in [0.3, 0.4) is 0 Å². The first kappa shape index (κ1) is 19.3. The molecule has 2 N–H and O–H groups in total. The van der Waals surface area contributed by atoms with Crippen LogP contribution >= 0.6 is 24.0 Å². The van der Waals surface area contributed by atoms with Gasteiger partial charge in [-0.05, 0) is 45.0 Å². The van der Waals surface area contributed by atoms with Gasteiger partial charge in [-0.1, -0.05) is 13.8 Å². The molecule has 0 radical (unpaired) electrons. The van der Waals surface area contributed by atoms with Crippen LogP contribution in [0.1, 0.15) is 45.4 Å². The highest BCUT2D eigenvalue weighted by Gasteiger charge is 2.23. The molecule has 1 aromatic heterocycles. The molecule has 6 heteroatoms. The van der Waals surface area contributed by atoms with E-state index in [0.717, 1.165) is 31.4 Å². The summed E-state index contributed by atoms with van der Waals surface area (Å²) in [5.74, 6) is 1.91. The minimum Gasteiger partial charge on any atom is -0.468 e. The van der Waals surface area contributed by atoms with Crippen molar-refractivity contribution in [2.45, 2.75) is 45.7 Å². The molecule has 0 aliphatic heterocycles. The Morgan fingerprint density at radius 2 is 2.09 bits per heavy atom. The summed E-state index contributed by atoms with van der Waals surface area (Å²) >= 11 is 0. The molecule has 1 unspecified atom stereocenters. The third kappa shape index (κ3) is 5.79. The minimum atomic E-state index is 0. The number of likely N-dealkylation sites (N-methyl/N-ethyl adjacent to an activating group) is 1. The Morgan fingerprint density at radius 1 is 1.36 bits per heavy atom. The van der Waals surface area contributed by atoms with Crippen molar-refractivity contribution < 1.29 is 4.42 Å². The van der Waals surface area contributed by atoms with E-state index in [-0.39, 0.29) is 30.0 Å². The number of halogens is 1. The number of furan rings is 1. The van der Waals surface area contributed by atoms with Gasteiger partial charge in [0, 0.05) is 12.6 Å². The molecule has 2 rings (SSSR count). The number of guanidine groups is 1. The first-order valence-corrected chi connectivity index (χ1v) is 8.10. The number of nitrogens with zero attached hydrogens (tertiary/aromatic N) is 2. The van der Waals surface area contributed by atoms with Crippen LogP contribution in [0.2, 0.25) is 0 Å². The second kappa shape index (κ2) is 10.1. The molecule has 5 nitrogen and oxygen atoms in total. The lowest BCUT2D eigenvalue weighted by Gasteiger charge is -2.27. The van der Waals surface area contributed by atoms with Gasteiger partial charge in [0.2, 0.25) is 0 Å². The van der Waals surface area contributed by atoms with Crippen molar-refractivity contribution in [3.05, 3.63) is 24.2 Å². The monoisotopic (exact) mass is 420 g/mol. The summed E-state index contributed by atoms with van der Waals surface area (Å²) in [6.45, 7) is 10.0. The first-order chi connectivity index (χ1) is 10.3. The Bertz CT molecular complexity index is 427. The zero-order valence-corrected chi connectivity index (χ0v) is 16.2. The molecule has 0 amide bonds. The molecular formula is C16H29IN4O. The summed E-state index contributed by atoms with van der Waals surface area (Å²) in [5, 5.41) is 6.78. The SMILES string of the molecule is CCNC(=NCC(c1ccco1)N(CC)CC)NC1CC1.I. The van der Waals surface area contributed by atoms with Gasteiger partial charge >= 0.3 is 0 Å². The molecule has 22 heavy (non-hydrogen) atoms. The van der Waals surface area contributed by atoms with Crippen LogP contribution in [-0.2, 0) is 0 Å². The fourth-order valence-electron chi connectivity index (χ4n) is 2.45. The zero-order valence-electron chi connectivity index (χ0n) is 13.8. The molecule has 1 atom stereocenters. The third-order valence-electron chi connectivity index (χ3n) is 3.81. The molecular weight excluding hydrogens is 391 g/mol. The maximum absolute atomic E-state index is 5.61. The van der Waals surface area contributed by atoms with Crippen molar-refractivity contribution >= 4 is 29.9 Å². The Hall–Kier alpha value is -0.760. The van der Waals surface area contributed by atoms with E-state index in [1.807, 2.05) is 12.1 Å². The average molecular weight is 420 g/mol. The van der Waals surface area contributed by atoms with E-state index in [9.17, 15) is 0 Å². The third-order valence-corrected chi connectivity index (χ3v) is 3.81. The summed E-state index contributed by atoms with van der Waals surface area (Å²) in [5.41, 5.74) is 0. The molecule has 1 aliphatic rings. The van der Waals surface area contributed by atoms with Gasteiger partial charge in [-0.25, -0.2) is 0 Å². The lowest BCUT2D eigenvalue weighted by Crippen LogP contribution is -2.39. The number of hydrogen-bond acceptors (Lipinski definition) is 3. The van der Waals surface area contributed by atoms with Gasteiger partial charge in [0.15, 0.2) is 5.96 Å². The van der Waals surface area contributed by atoms with Crippen LogP contribution in [0.5, 0.6) is 0 Å². The van der Waals surface area contributed by atoms with Gasteiger partial charge in [0.25, 0.3) is 0 Å². The number of hydrogen-bond donors (Lipinski definition) is 2. The van der Waals surface area contributed by atoms with Crippen molar-refractivity contribution in [1.29, 1.82) is 0 Å². The maximum Gasteiger partial charge on any atom is 0.191 e. The van der Waals surface area contributed by atoms with Crippen LogP contribution in [0.15, 0.2) is 27.8 Å². The molecule has 0 bridgehead atoms. The fraction of sp³-hybridized carbons (Fsp3) is 0.688. The van der Waals surface area contributed by atoms with E-state index in [4.69, 9.17) is 9.41 Å². The van der Waals surface area contributed by atoms with Crippen LogP contribution in [0.4, 0.5) is 0 Å². The van der Waals surface area contributed by atoms with Crippen LogP contribution in [0, 0.1) is 0 Å². The van der Waals surface area contributed by atoms with Gasteiger partial charge in [-0.2, -0.15) is 0 Å². The highest BCUT2D eigenvalue weighted by molar-refractivity contribution is 14.0. The topological polar surface area (TPSA) is 52.8 Å². The smallest absolute Gasteiger partial charge is 0.191 e. The minimum absolute atomic E-state index is 0. The number of aliphatic imine (C=N–C) groups is 1. The Kier molecular flexibility index (Phi) is 8.85. The molecule has 1 fully saturated rings. The Labute approximate surface area is 150 Å². The quantitative estimate of drug-likeness (QED) is 0.386. The van der Waals surface area contributed by atoms with E-state index in [2.05, 4.69) is 36.3 Å². The van der Waals surface area contributed by atoms with Gasteiger partial charge < -0.3 is 15.1 Å². The number of nitrogens with one attached hydrogen (secondary N) is 2. The molecule has 0 aromatic carbocycles. The van der Waals surface area contributed by atoms with Crippen LogP contribution in [-0.4, -0.2) is 43.1 Å². The first-order valence-electron chi connectivity index (χ1n) is 8.10. The molecule has 1 saturated carbocycles. The van der Waals surface area contributed by atoms with E-state index < -0.39 is 0 Å². The summed E-state index contributed by atoms with van der Waals surface area (Å²) < 4.78 is 5.61. The molecule has 1 aromatic rings. The van der Waals surface area contributed by atoms with Crippen LogP contribution < -0.4 is 10.6 Å². The van der Waals surface area contributed by atoms with Gasteiger partial charge in [-0.3, -0.25) is 9.89 Å². The fourth-order valence-corrected chi connectivity index (χ4v) is 2.45. The van der Waals surface area contributed by atoms with Crippen molar-refractivity contribution in [2.24, 2.45) is 4.99 Å². The zero-order chi connectivity index (χ0) is 15.1. The molecule has 1 aliphatic carbocycles. The number of rotatable bonds is 8. The van der Waals surface area contributed by atoms with E-state index in [0.29, 0.717) is 12.6 Å². The standard InChI is InChI=1S/C16H28N4O.HI/c1-4-17-16(19-13-9-10-13)18-12-14(20(5-2)6-3)15-8-7-11-21-15;/h7-8,11,13-14H,4-6,9-10,12H2,1-3H3,(H2,17,18,19);1H. The van der Waals surface area contributed by atoms with Crippen molar-refractivity contribution in [1.82, 2.24) is 15.5 Å². The maximum atomic E-state index is 5.61. The Morgan fingerprint density at radius 3 is 2.59 bits per heavy atom. The van der Waals surface area contributed by atoms with E-state index >= 15 is 0 Å². The summed E-state index contributed by atoms with van der Waals surface area (Å²) in [6, 6.07) is 4.80. The Balaban J connectivity index is 0.00000242. The van der Waals surface area contributed by atoms with E-state index in [1.54, 1.807) is 6.26 Å². The normalized spacial score (nSPS) is 16.3. The molecule has 0 spiro atoms. The lowest BCUT2D eigenvalue weighted by molar-refractivity contribution is 0.198. The van der Waals surface area contributed by atoms with Crippen molar-refractivity contribution in [3.8, 4) is 0 Å². The highest BCUT2D eigenvalue weighted by atomic mass is 127. The second-order valence-electron chi connectivity index (χ2n) is 5.39. The summed E-state index contributed by atoms with van der Waals surface area (Å²) in [6.07, 6.45) is 4.24. The van der Waals surface area contributed by atoms with E-state index in [1.165, 1.54) is 12.8 Å². The second-order valence-corrected chi connectivity index (χ2v) is 5.39. The highest BCUT2D eigenvalue weighted by Crippen LogP contribution is 2.22. The van der Waals surface area contributed by atoms with Gasteiger partial charge in [0.1, 0.15) is 5.76 Å². The van der Waals surface area contributed by atoms with Gasteiger partial charge in [0.05, 0.1) is 18.8 Å². The van der Waals surface area contributed by atoms with Crippen LogP contribution in [0.25, 0.3) is 0 Å². The van der Waals surface area contributed by atoms with Crippen molar-refractivity contribution in [2.75, 3.05) is 26.2 Å². The lowest BCUT2D eigenvalue weighted by atomic mass is 10.2. The van der Waals surface area contributed by atoms with Gasteiger partial charge in [-0.15, -0.1) is 24.0 Å². The molecule has 0 saturated heterocycles. The largest absolute Gasteiger partial charge is 0.468 e. The molecule has 126 valence electrons. The predicted molar refractivity (Wildman–Crippen MR) is 102 cm³/mol. The average Bonchev–Trinajstić information content (AvgIpc) is 3.14.